The van der Waals surface area contributed by atoms with Crippen LogP contribution in [0.3, 0.4) is 0 Å². The first-order valence-electron chi connectivity index (χ1n) is 12.7. The molecule has 0 aliphatic heterocycles. The predicted octanol–water partition coefficient (Wildman–Crippen LogP) is 4.60. The molecule has 1 aliphatic rings. The van der Waals surface area contributed by atoms with Crippen molar-refractivity contribution in [3.63, 3.8) is 0 Å². The highest BCUT2D eigenvalue weighted by molar-refractivity contribution is 7.92. The Bertz CT molecular complexity index is 1410. The standard InChI is InChI=1S/C26H30F3N5O3S.CH2O2/c1-4-17-13-21(38(35,36)33-24-10-11-30-16-32-24)15-31-25(17)37-23-9-8-19(14-22(23)34(2)3)18-6-5-7-20(12-18)26(27,28)29;2-1-3/h5-7,10-13,15-16,19,22-23H,4,8-9,14H2,1-3H3,(H,30,32,33);1H,(H,2,3). The van der Waals surface area contributed by atoms with E-state index in [1.807, 2.05) is 25.9 Å². The van der Waals surface area contributed by atoms with Gasteiger partial charge >= 0.3 is 6.18 Å². The third-order valence-corrected chi connectivity index (χ3v) is 8.10. The molecule has 1 fully saturated rings. The zero-order chi connectivity index (χ0) is 30.2. The number of pyridine rings is 1. The van der Waals surface area contributed by atoms with Crippen molar-refractivity contribution in [2.45, 2.75) is 61.7 Å². The molecule has 10 nitrogen and oxygen atoms in total. The van der Waals surface area contributed by atoms with E-state index in [9.17, 15) is 21.6 Å². The number of hydrogen-bond donors (Lipinski definition) is 2. The highest BCUT2D eigenvalue weighted by atomic mass is 32.2. The monoisotopic (exact) mass is 595 g/mol. The highest BCUT2D eigenvalue weighted by Crippen LogP contribution is 2.39. The third kappa shape index (κ3) is 8.36. The zero-order valence-corrected chi connectivity index (χ0v) is 23.6. The molecule has 2 heterocycles. The van der Waals surface area contributed by atoms with Crippen molar-refractivity contribution in [3.05, 3.63) is 71.8 Å². The lowest BCUT2D eigenvalue weighted by atomic mass is 9.79. The number of rotatable bonds is 8. The maximum absolute atomic E-state index is 13.2. The van der Waals surface area contributed by atoms with Gasteiger partial charge in [-0.3, -0.25) is 9.52 Å². The molecule has 4 rings (SSSR count). The Morgan fingerprint density at radius 2 is 1.90 bits per heavy atom. The average molecular weight is 596 g/mol. The van der Waals surface area contributed by atoms with Crippen LogP contribution in [-0.4, -0.2) is 66.1 Å². The van der Waals surface area contributed by atoms with Crippen molar-refractivity contribution in [2.24, 2.45) is 0 Å². The first-order chi connectivity index (χ1) is 19.4. The van der Waals surface area contributed by atoms with Crippen molar-refractivity contribution in [2.75, 3.05) is 18.8 Å². The molecule has 1 saturated carbocycles. The molecule has 0 saturated heterocycles. The molecule has 0 spiro atoms. The fourth-order valence-electron chi connectivity index (χ4n) is 4.74. The van der Waals surface area contributed by atoms with Crippen LogP contribution in [0.1, 0.15) is 48.8 Å². The number of sulfonamides is 1. The maximum Gasteiger partial charge on any atom is 0.416 e. The predicted molar refractivity (Wildman–Crippen MR) is 145 cm³/mol. The summed E-state index contributed by atoms with van der Waals surface area (Å²) >= 11 is 0. The van der Waals surface area contributed by atoms with Gasteiger partial charge in [-0.2, -0.15) is 13.2 Å². The number of hydrogen-bond acceptors (Lipinski definition) is 8. The van der Waals surface area contributed by atoms with Crippen LogP contribution in [-0.2, 0) is 27.4 Å². The van der Waals surface area contributed by atoms with Gasteiger partial charge in [0.05, 0.1) is 11.8 Å². The lowest BCUT2D eigenvalue weighted by Gasteiger charge is -2.40. The van der Waals surface area contributed by atoms with Crippen molar-refractivity contribution >= 4 is 22.3 Å². The van der Waals surface area contributed by atoms with Crippen LogP contribution >= 0.6 is 0 Å². The topological polar surface area (TPSA) is 135 Å². The number of aromatic nitrogens is 3. The van der Waals surface area contributed by atoms with Crippen molar-refractivity contribution in [1.82, 2.24) is 19.9 Å². The second kappa shape index (κ2) is 13.7. The Labute approximate surface area is 236 Å². The van der Waals surface area contributed by atoms with E-state index in [0.717, 1.165) is 6.07 Å². The SMILES string of the molecule is CCc1cc(S(=O)(=O)Nc2ccncn2)cnc1OC1CCC(c2cccc(C(F)(F)F)c2)CC1N(C)C.O=CO. The summed E-state index contributed by atoms with van der Waals surface area (Å²) in [5, 5.41) is 6.89. The number of nitrogens with one attached hydrogen (secondary N) is 1. The first-order valence-corrected chi connectivity index (χ1v) is 14.2. The van der Waals surface area contributed by atoms with Crippen LogP contribution < -0.4 is 9.46 Å². The number of aryl methyl sites for hydroxylation is 1. The largest absolute Gasteiger partial charge is 0.483 e. The number of ether oxygens (including phenoxy) is 1. The molecule has 1 aliphatic carbocycles. The molecule has 3 unspecified atom stereocenters. The second-order valence-corrected chi connectivity index (χ2v) is 11.3. The summed E-state index contributed by atoms with van der Waals surface area (Å²) in [6, 6.07) is 8.44. The van der Waals surface area contributed by atoms with E-state index < -0.39 is 21.8 Å². The number of nitrogens with zero attached hydrogens (tertiary/aromatic N) is 4. The molecular weight excluding hydrogens is 563 g/mol. The molecule has 0 bridgehead atoms. The van der Waals surface area contributed by atoms with E-state index in [1.54, 1.807) is 6.07 Å². The normalized spacial score (nSPS) is 19.1. The summed E-state index contributed by atoms with van der Waals surface area (Å²) in [5.74, 6) is 0.455. The van der Waals surface area contributed by atoms with Gasteiger partial charge in [0, 0.05) is 17.8 Å². The number of carbonyl (C=O) groups is 1. The number of likely N-dealkylation sites (N-methyl/N-ethyl adjacent to an activating group) is 1. The summed E-state index contributed by atoms with van der Waals surface area (Å²) in [5.41, 5.74) is 0.659. The van der Waals surface area contributed by atoms with Gasteiger partial charge in [-0.25, -0.2) is 23.4 Å². The summed E-state index contributed by atoms with van der Waals surface area (Å²) in [7, 11) is -0.0889. The van der Waals surface area contributed by atoms with Gasteiger partial charge in [0.15, 0.2) is 0 Å². The van der Waals surface area contributed by atoms with Crippen molar-refractivity contribution in [3.8, 4) is 5.88 Å². The fraction of sp³-hybridized carbons (Fsp3) is 0.407. The van der Waals surface area contributed by atoms with E-state index in [-0.39, 0.29) is 35.2 Å². The van der Waals surface area contributed by atoms with Crippen molar-refractivity contribution in [1.29, 1.82) is 0 Å². The number of alkyl halides is 3. The molecule has 41 heavy (non-hydrogen) atoms. The molecule has 2 aromatic heterocycles. The summed E-state index contributed by atoms with van der Waals surface area (Å²) in [6.07, 6.45) is 1.67. The zero-order valence-electron chi connectivity index (χ0n) is 22.7. The molecule has 0 amide bonds. The van der Waals surface area contributed by atoms with Gasteiger partial charge in [-0.1, -0.05) is 25.1 Å². The summed E-state index contributed by atoms with van der Waals surface area (Å²) < 4.78 is 74.1. The van der Waals surface area contributed by atoms with Crippen LogP contribution in [0.15, 0.2) is 60.0 Å². The van der Waals surface area contributed by atoms with Gasteiger partial charge in [-0.15, -0.1) is 0 Å². The van der Waals surface area contributed by atoms with Crippen LogP contribution in [0.25, 0.3) is 0 Å². The van der Waals surface area contributed by atoms with E-state index in [4.69, 9.17) is 14.6 Å². The van der Waals surface area contributed by atoms with Crippen LogP contribution in [0.5, 0.6) is 5.88 Å². The molecule has 2 N–H and O–H groups in total. The van der Waals surface area contributed by atoms with Crippen molar-refractivity contribution < 1.29 is 36.2 Å². The minimum absolute atomic E-state index is 0.0160. The molecule has 3 aromatic rings. The lowest BCUT2D eigenvalue weighted by Crippen LogP contribution is -2.46. The Kier molecular flexibility index (Phi) is 10.6. The number of anilines is 1. The minimum atomic E-state index is -4.39. The van der Waals surface area contributed by atoms with Gasteiger partial charge < -0.3 is 14.7 Å². The molecular formula is C27H32F3N5O5S. The Balaban J connectivity index is 0.00000147. The number of carboxylic acid groups (broad SMARTS) is 1. The maximum atomic E-state index is 13.2. The van der Waals surface area contributed by atoms with Crippen LogP contribution in [0.2, 0.25) is 0 Å². The van der Waals surface area contributed by atoms with E-state index >= 15 is 0 Å². The number of halogens is 3. The van der Waals surface area contributed by atoms with Gasteiger partial charge in [0.1, 0.15) is 23.1 Å². The lowest BCUT2D eigenvalue weighted by molar-refractivity contribution is -0.137. The Hall–Kier alpha value is -3.78. The highest BCUT2D eigenvalue weighted by Gasteiger charge is 2.36. The molecule has 222 valence electrons. The molecule has 3 atom stereocenters. The van der Waals surface area contributed by atoms with E-state index in [0.29, 0.717) is 42.7 Å². The molecule has 1 aromatic carbocycles. The third-order valence-electron chi connectivity index (χ3n) is 6.78. The van der Waals surface area contributed by atoms with E-state index in [2.05, 4.69) is 19.7 Å². The quantitative estimate of drug-likeness (QED) is 0.358. The van der Waals surface area contributed by atoms with Crippen LogP contribution in [0.4, 0.5) is 19.0 Å². The smallest absolute Gasteiger partial charge is 0.416 e. The van der Waals surface area contributed by atoms with Crippen LogP contribution in [0, 0.1) is 0 Å². The number of benzene rings is 1. The Morgan fingerprint density at radius 1 is 1.17 bits per heavy atom. The van der Waals surface area contributed by atoms with Gasteiger partial charge in [0.2, 0.25) is 5.88 Å². The minimum Gasteiger partial charge on any atom is -0.483 e. The first kappa shape index (κ1) is 31.7. The molecule has 14 heteroatoms. The summed E-state index contributed by atoms with van der Waals surface area (Å²) in [4.78, 5) is 22.4. The van der Waals surface area contributed by atoms with Gasteiger partial charge in [-0.05, 0) is 69.5 Å². The second-order valence-electron chi connectivity index (χ2n) is 9.61. The molecule has 0 radical (unpaired) electrons. The average Bonchev–Trinajstić information content (AvgIpc) is 2.93. The fourth-order valence-corrected chi connectivity index (χ4v) is 5.75. The van der Waals surface area contributed by atoms with Gasteiger partial charge in [0.25, 0.3) is 16.5 Å². The summed E-state index contributed by atoms with van der Waals surface area (Å²) in [6.45, 7) is 1.63. The van der Waals surface area contributed by atoms with E-state index in [1.165, 1.54) is 43.0 Å². The Morgan fingerprint density at radius 3 is 2.51 bits per heavy atom.